The molecule has 0 aromatic carbocycles. The highest BCUT2D eigenvalue weighted by atomic mass is 16.6. The Morgan fingerprint density at radius 3 is 1.95 bits per heavy atom. The zero-order valence-electron chi connectivity index (χ0n) is 23.4. The molecular formula is C26H39N5O7. The van der Waals surface area contributed by atoms with Crippen LogP contribution in [0.3, 0.4) is 0 Å². The second kappa shape index (κ2) is 11.4. The van der Waals surface area contributed by atoms with Crippen molar-refractivity contribution in [2.24, 2.45) is 0 Å². The molecule has 1 atom stereocenters. The zero-order chi connectivity index (χ0) is 28.3. The first-order valence-electron chi connectivity index (χ1n) is 12.8. The van der Waals surface area contributed by atoms with E-state index in [0.29, 0.717) is 44.0 Å². The number of cyclic esters (lactones) is 1. The number of ether oxygens (including phenoxy) is 3. The van der Waals surface area contributed by atoms with Crippen LogP contribution in [-0.2, 0) is 19.0 Å². The first-order chi connectivity index (χ1) is 17.6. The smallest absolute Gasteiger partial charge is 0.429 e. The summed E-state index contributed by atoms with van der Waals surface area (Å²) in [4.78, 5) is 57.5. The number of pyridine rings is 1. The molecule has 12 nitrogen and oxygen atoms in total. The second-order valence-corrected chi connectivity index (χ2v) is 11.4. The number of rotatable bonds is 5. The SMILES string of the molecule is CC(=O)CC[C@H]1CN(c2ccc(N3CCN(C(=O)OC(C)(C)C)N(C(=O)OC(C)(C)C)CC3)nc2)C(=O)O1. The minimum atomic E-state index is -0.734. The van der Waals surface area contributed by atoms with Gasteiger partial charge >= 0.3 is 18.3 Å². The number of hydrogen-bond acceptors (Lipinski definition) is 9. The highest BCUT2D eigenvalue weighted by molar-refractivity contribution is 5.89. The summed E-state index contributed by atoms with van der Waals surface area (Å²) in [7, 11) is 0. The van der Waals surface area contributed by atoms with Gasteiger partial charge in [0.1, 0.15) is 28.9 Å². The molecule has 0 spiro atoms. The van der Waals surface area contributed by atoms with E-state index in [-0.39, 0.29) is 25.0 Å². The highest BCUT2D eigenvalue weighted by Gasteiger charge is 2.36. The lowest BCUT2D eigenvalue weighted by atomic mass is 10.1. The Hall–Kier alpha value is -3.57. The summed E-state index contributed by atoms with van der Waals surface area (Å²) in [6.07, 6.45) is 0.350. The third kappa shape index (κ3) is 7.96. The van der Waals surface area contributed by atoms with Gasteiger partial charge in [0.15, 0.2) is 0 Å². The number of carbonyl (C=O) groups excluding carboxylic acids is 4. The van der Waals surface area contributed by atoms with Crippen LogP contribution in [0.4, 0.5) is 25.9 Å². The van der Waals surface area contributed by atoms with Gasteiger partial charge in [-0.1, -0.05) is 0 Å². The molecule has 0 bridgehead atoms. The molecule has 1 aromatic rings. The molecule has 0 N–H and O–H groups in total. The molecule has 12 heteroatoms. The van der Waals surface area contributed by atoms with Crippen LogP contribution in [0.5, 0.6) is 0 Å². The van der Waals surface area contributed by atoms with Gasteiger partial charge in [0, 0.05) is 19.5 Å². The van der Waals surface area contributed by atoms with Crippen molar-refractivity contribution in [1.29, 1.82) is 0 Å². The number of anilines is 2. The lowest BCUT2D eigenvalue weighted by molar-refractivity contribution is -0.117. The maximum absolute atomic E-state index is 13.0. The summed E-state index contributed by atoms with van der Waals surface area (Å²) in [6, 6.07) is 3.56. The quantitative estimate of drug-likeness (QED) is 0.517. The van der Waals surface area contributed by atoms with Crippen molar-refractivity contribution in [3.8, 4) is 0 Å². The average Bonchev–Trinajstić information content (AvgIpc) is 3.01. The van der Waals surface area contributed by atoms with Gasteiger partial charge in [-0.25, -0.2) is 29.4 Å². The van der Waals surface area contributed by atoms with Crippen LogP contribution in [-0.4, -0.2) is 89.1 Å². The molecule has 2 fully saturated rings. The number of ketones is 1. The molecule has 0 aliphatic carbocycles. The monoisotopic (exact) mass is 533 g/mol. The Labute approximate surface area is 223 Å². The Morgan fingerprint density at radius 1 is 0.947 bits per heavy atom. The number of aromatic nitrogens is 1. The van der Waals surface area contributed by atoms with E-state index in [9.17, 15) is 19.2 Å². The van der Waals surface area contributed by atoms with Crippen LogP contribution in [0.2, 0.25) is 0 Å². The van der Waals surface area contributed by atoms with E-state index in [4.69, 9.17) is 14.2 Å². The molecule has 0 radical (unpaired) electrons. The Balaban J connectivity index is 1.72. The second-order valence-electron chi connectivity index (χ2n) is 11.4. The summed E-state index contributed by atoms with van der Waals surface area (Å²) in [5, 5.41) is 2.55. The van der Waals surface area contributed by atoms with Crippen molar-refractivity contribution in [3.05, 3.63) is 18.3 Å². The number of amides is 3. The van der Waals surface area contributed by atoms with Crippen molar-refractivity contribution in [3.63, 3.8) is 0 Å². The van der Waals surface area contributed by atoms with Crippen LogP contribution in [0, 0.1) is 0 Å². The van der Waals surface area contributed by atoms with Gasteiger partial charge in [0.25, 0.3) is 0 Å². The molecule has 210 valence electrons. The van der Waals surface area contributed by atoms with Crippen molar-refractivity contribution in [2.45, 2.75) is 78.6 Å². The van der Waals surface area contributed by atoms with Crippen LogP contribution in [0.25, 0.3) is 0 Å². The lowest BCUT2D eigenvalue weighted by Crippen LogP contribution is -2.53. The highest BCUT2D eigenvalue weighted by Crippen LogP contribution is 2.25. The molecular weight excluding hydrogens is 494 g/mol. The Bertz CT molecular complexity index is 994. The molecule has 3 rings (SSSR count). The summed E-state index contributed by atoms with van der Waals surface area (Å²) in [5.41, 5.74) is -0.881. The van der Waals surface area contributed by atoms with E-state index in [1.54, 1.807) is 59.9 Å². The minimum absolute atomic E-state index is 0.0541. The fourth-order valence-electron chi connectivity index (χ4n) is 3.99. The molecule has 3 amide bonds. The summed E-state index contributed by atoms with van der Waals surface area (Å²) >= 11 is 0. The molecule has 0 unspecified atom stereocenters. The average molecular weight is 534 g/mol. The van der Waals surface area contributed by atoms with E-state index in [2.05, 4.69) is 4.98 Å². The third-order valence-corrected chi connectivity index (χ3v) is 5.72. The van der Waals surface area contributed by atoms with Crippen LogP contribution >= 0.6 is 0 Å². The fraction of sp³-hybridized carbons (Fsp3) is 0.654. The largest absolute Gasteiger partial charge is 0.444 e. The number of nitrogens with zero attached hydrogens (tertiary/aromatic N) is 5. The topological polar surface area (TPSA) is 122 Å². The van der Waals surface area contributed by atoms with E-state index in [1.165, 1.54) is 21.8 Å². The van der Waals surface area contributed by atoms with Crippen molar-refractivity contribution in [2.75, 3.05) is 42.5 Å². The van der Waals surface area contributed by atoms with E-state index < -0.39 is 29.5 Å². The minimum Gasteiger partial charge on any atom is -0.444 e. The predicted octanol–water partition coefficient (Wildman–Crippen LogP) is 3.99. The molecule has 2 saturated heterocycles. The zero-order valence-corrected chi connectivity index (χ0v) is 23.4. The van der Waals surface area contributed by atoms with Gasteiger partial charge in [-0.05, 0) is 67.0 Å². The Kier molecular flexibility index (Phi) is 8.73. The maximum atomic E-state index is 13.0. The Morgan fingerprint density at radius 2 is 1.50 bits per heavy atom. The molecule has 1 aromatic heterocycles. The summed E-state index contributed by atoms with van der Waals surface area (Å²) in [6.45, 7) is 13.6. The van der Waals surface area contributed by atoms with Crippen LogP contribution in [0.15, 0.2) is 18.3 Å². The number of Topliss-reactive ketones (excluding diaryl/α,β-unsaturated/α-hetero) is 1. The third-order valence-electron chi connectivity index (χ3n) is 5.72. The van der Waals surface area contributed by atoms with Gasteiger partial charge in [-0.3, -0.25) is 4.90 Å². The lowest BCUT2D eigenvalue weighted by Gasteiger charge is -2.35. The molecule has 2 aliphatic heterocycles. The van der Waals surface area contributed by atoms with E-state index in [1.807, 2.05) is 4.90 Å². The molecule has 2 aliphatic rings. The number of hydrazine groups is 1. The number of carbonyl (C=O) groups is 4. The fourth-order valence-corrected chi connectivity index (χ4v) is 3.99. The van der Waals surface area contributed by atoms with Crippen molar-refractivity contribution < 1.29 is 33.4 Å². The van der Waals surface area contributed by atoms with Crippen molar-refractivity contribution in [1.82, 2.24) is 15.0 Å². The van der Waals surface area contributed by atoms with E-state index >= 15 is 0 Å². The van der Waals surface area contributed by atoms with Gasteiger partial charge in [-0.2, -0.15) is 0 Å². The van der Waals surface area contributed by atoms with Gasteiger partial charge in [0.2, 0.25) is 0 Å². The standard InChI is InChI=1S/C26H39N5O7/c1-18(32)8-10-20-17-29(22(33)36-20)19-9-11-21(27-16-19)28-12-14-30(23(34)37-25(2,3)4)31(15-13-28)24(35)38-26(5,6)7/h9,11,16,20H,8,10,12-15,17H2,1-7H3/t20-/m0/s1. The van der Waals surface area contributed by atoms with Gasteiger partial charge in [0.05, 0.1) is 31.5 Å². The predicted molar refractivity (Wildman–Crippen MR) is 140 cm³/mol. The molecule has 38 heavy (non-hydrogen) atoms. The number of hydrogen-bond donors (Lipinski definition) is 0. The van der Waals surface area contributed by atoms with Gasteiger partial charge < -0.3 is 23.9 Å². The van der Waals surface area contributed by atoms with Crippen molar-refractivity contribution >= 4 is 35.6 Å². The normalized spacial score (nSPS) is 18.7. The molecule has 0 saturated carbocycles. The molecule has 3 heterocycles. The maximum Gasteiger partial charge on any atom is 0.429 e. The van der Waals surface area contributed by atoms with Gasteiger partial charge in [-0.15, -0.1) is 0 Å². The first-order valence-corrected chi connectivity index (χ1v) is 12.8. The summed E-state index contributed by atoms with van der Waals surface area (Å²) < 4.78 is 16.5. The van der Waals surface area contributed by atoms with E-state index in [0.717, 1.165) is 0 Å². The van der Waals surface area contributed by atoms with Crippen LogP contribution < -0.4 is 9.80 Å². The summed E-state index contributed by atoms with van der Waals surface area (Å²) in [5.74, 6) is 0.683. The van der Waals surface area contributed by atoms with Crippen LogP contribution in [0.1, 0.15) is 61.3 Å². The first kappa shape index (κ1) is 29.0.